The molecule has 0 saturated heterocycles. The van der Waals surface area contributed by atoms with Gasteiger partial charge in [-0.3, -0.25) is 0 Å². The second-order valence-corrected chi connectivity index (χ2v) is 4.24. The van der Waals surface area contributed by atoms with Gasteiger partial charge in [-0.05, 0) is 44.7 Å². The van der Waals surface area contributed by atoms with Gasteiger partial charge in [0, 0.05) is 5.69 Å². The fraction of sp³-hybridized carbons (Fsp3) is 0.417. The number of aromatic amines is 1. The molecule has 0 unspecified atom stereocenters. The van der Waals surface area contributed by atoms with Gasteiger partial charge in [0.05, 0.1) is 17.0 Å². The summed E-state index contributed by atoms with van der Waals surface area (Å²) in [6, 6.07) is 2.24. The van der Waals surface area contributed by atoms with Crippen LogP contribution in [0.15, 0.2) is 10.6 Å². The lowest BCUT2D eigenvalue weighted by Crippen LogP contribution is -1.84. The van der Waals surface area contributed by atoms with Crippen molar-refractivity contribution >= 4 is 0 Å². The number of H-pyrrole nitrogens is 1. The first-order valence-corrected chi connectivity index (χ1v) is 5.39. The van der Waals surface area contributed by atoms with Crippen LogP contribution in [0.25, 0.3) is 11.3 Å². The molecule has 78 valence electrons. The lowest BCUT2D eigenvalue weighted by atomic mass is 10.1. The second-order valence-electron chi connectivity index (χ2n) is 4.24. The predicted octanol–water partition coefficient (Wildman–Crippen LogP) is 2.78. The summed E-state index contributed by atoms with van der Waals surface area (Å²) < 4.78 is 5.18. The largest absolute Gasteiger partial charge is 0.361 e. The van der Waals surface area contributed by atoms with Crippen LogP contribution in [-0.4, -0.2) is 10.1 Å². The van der Waals surface area contributed by atoms with E-state index < -0.39 is 0 Å². The minimum Gasteiger partial charge on any atom is -0.361 e. The summed E-state index contributed by atoms with van der Waals surface area (Å²) in [7, 11) is 0. The molecule has 2 heterocycles. The molecule has 3 nitrogen and oxygen atoms in total. The Labute approximate surface area is 88.5 Å². The van der Waals surface area contributed by atoms with Crippen molar-refractivity contribution in [3.05, 3.63) is 28.8 Å². The zero-order chi connectivity index (χ0) is 10.4. The molecule has 0 aliphatic heterocycles. The van der Waals surface area contributed by atoms with E-state index in [1.807, 2.05) is 13.8 Å². The molecule has 15 heavy (non-hydrogen) atoms. The van der Waals surface area contributed by atoms with Crippen molar-refractivity contribution in [1.29, 1.82) is 0 Å². The molecule has 1 aliphatic rings. The third kappa shape index (κ3) is 1.23. The highest BCUT2D eigenvalue weighted by molar-refractivity contribution is 5.66. The van der Waals surface area contributed by atoms with Crippen LogP contribution in [0, 0.1) is 13.8 Å². The van der Waals surface area contributed by atoms with Crippen molar-refractivity contribution in [2.24, 2.45) is 0 Å². The number of aromatic nitrogens is 2. The fourth-order valence-corrected chi connectivity index (χ4v) is 2.44. The normalized spacial score (nSPS) is 14.5. The average molecular weight is 202 g/mol. The van der Waals surface area contributed by atoms with Gasteiger partial charge in [-0.2, -0.15) is 0 Å². The van der Waals surface area contributed by atoms with Crippen LogP contribution in [-0.2, 0) is 12.8 Å². The van der Waals surface area contributed by atoms with Crippen LogP contribution >= 0.6 is 0 Å². The number of rotatable bonds is 1. The molecule has 0 saturated carbocycles. The second kappa shape index (κ2) is 2.99. The summed E-state index contributed by atoms with van der Waals surface area (Å²) in [5, 5.41) is 3.98. The van der Waals surface area contributed by atoms with Crippen molar-refractivity contribution < 1.29 is 4.52 Å². The molecule has 0 spiro atoms. The summed E-state index contributed by atoms with van der Waals surface area (Å²) in [6.07, 6.45) is 3.66. The Kier molecular flexibility index (Phi) is 1.75. The smallest absolute Gasteiger partial charge is 0.143 e. The number of nitrogens with one attached hydrogen (secondary N) is 1. The first kappa shape index (κ1) is 8.77. The lowest BCUT2D eigenvalue weighted by molar-refractivity contribution is 0.393. The van der Waals surface area contributed by atoms with Crippen molar-refractivity contribution in [2.45, 2.75) is 33.1 Å². The maximum absolute atomic E-state index is 5.18. The molecule has 2 aromatic rings. The molecule has 0 amide bonds. The fourth-order valence-electron chi connectivity index (χ4n) is 2.44. The highest BCUT2D eigenvalue weighted by atomic mass is 16.5. The van der Waals surface area contributed by atoms with Crippen LogP contribution in [0.4, 0.5) is 0 Å². The number of hydrogen-bond donors (Lipinski definition) is 1. The van der Waals surface area contributed by atoms with E-state index in [1.165, 1.54) is 30.5 Å². The maximum Gasteiger partial charge on any atom is 0.143 e. The van der Waals surface area contributed by atoms with Crippen LogP contribution in [0.2, 0.25) is 0 Å². The van der Waals surface area contributed by atoms with Gasteiger partial charge in [0.15, 0.2) is 0 Å². The van der Waals surface area contributed by atoms with E-state index in [9.17, 15) is 0 Å². The van der Waals surface area contributed by atoms with E-state index in [2.05, 4.69) is 16.2 Å². The molecule has 0 aromatic carbocycles. The van der Waals surface area contributed by atoms with Crippen LogP contribution in [0.3, 0.4) is 0 Å². The number of hydrogen-bond acceptors (Lipinski definition) is 2. The quantitative estimate of drug-likeness (QED) is 0.772. The minimum absolute atomic E-state index is 0.896. The van der Waals surface area contributed by atoms with E-state index >= 15 is 0 Å². The Hall–Kier alpha value is -1.51. The average Bonchev–Trinajstić information content (AvgIpc) is 2.80. The number of aryl methyl sites for hydroxylation is 4. The SMILES string of the molecule is Cc1noc(C)c1-c1cc2c([nH]1)CCC2. The van der Waals surface area contributed by atoms with E-state index in [0.717, 1.165) is 22.7 Å². The van der Waals surface area contributed by atoms with Crippen molar-refractivity contribution in [2.75, 3.05) is 0 Å². The first-order chi connectivity index (χ1) is 7.25. The molecule has 3 rings (SSSR count). The monoisotopic (exact) mass is 202 g/mol. The van der Waals surface area contributed by atoms with Gasteiger partial charge in [0.1, 0.15) is 5.76 Å². The highest BCUT2D eigenvalue weighted by Gasteiger charge is 2.18. The summed E-state index contributed by atoms with van der Waals surface area (Å²) >= 11 is 0. The summed E-state index contributed by atoms with van der Waals surface area (Å²) in [4.78, 5) is 3.48. The summed E-state index contributed by atoms with van der Waals surface area (Å²) in [5.74, 6) is 0.896. The lowest BCUT2D eigenvalue weighted by Gasteiger charge is -1.96. The third-order valence-electron chi connectivity index (χ3n) is 3.17. The van der Waals surface area contributed by atoms with Crippen molar-refractivity contribution in [3.8, 4) is 11.3 Å². The van der Waals surface area contributed by atoms with Crippen LogP contribution < -0.4 is 0 Å². The van der Waals surface area contributed by atoms with Gasteiger partial charge in [-0.1, -0.05) is 5.16 Å². The van der Waals surface area contributed by atoms with Crippen LogP contribution in [0.5, 0.6) is 0 Å². The highest BCUT2D eigenvalue weighted by Crippen LogP contribution is 2.31. The number of nitrogens with zero attached hydrogens (tertiary/aromatic N) is 1. The molecule has 1 aliphatic carbocycles. The van der Waals surface area contributed by atoms with Gasteiger partial charge < -0.3 is 9.51 Å². The maximum atomic E-state index is 5.18. The molecule has 0 fully saturated rings. The van der Waals surface area contributed by atoms with Gasteiger partial charge >= 0.3 is 0 Å². The summed E-state index contributed by atoms with van der Waals surface area (Å²) in [6.45, 7) is 3.94. The molecule has 0 bridgehead atoms. The van der Waals surface area contributed by atoms with Crippen LogP contribution in [0.1, 0.15) is 29.1 Å². The Morgan fingerprint density at radius 2 is 2.20 bits per heavy atom. The zero-order valence-corrected chi connectivity index (χ0v) is 9.05. The van der Waals surface area contributed by atoms with Gasteiger partial charge in [0.25, 0.3) is 0 Å². The minimum atomic E-state index is 0.896. The molecule has 1 N–H and O–H groups in total. The Balaban J connectivity index is 2.13. The standard InChI is InChI=1S/C12H14N2O/c1-7-12(8(2)15-14-7)11-6-9-4-3-5-10(9)13-11/h6,13H,3-5H2,1-2H3. The molecule has 0 radical (unpaired) electrons. The van der Waals surface area contributed by atoms with Gasteiger partial charge in [-0.25, -0.2) is 0 Å². The molecular formula is C12H14N2O. The Bertz CT molecular complexity index is 467. The number of fused-ring (bicyclic) bond motifs is 1. The molecule has 0 atom stereocenters. The van der Waals surface area contributed by atoms with Crippen molar-refractivity contribution in [1.82, 2.24) is 10.1 Å². The van der Waals surface area contributed by atoms with E-state index in [4.69, 9.17) is 4.52 Å². The third-order valence-corrected chi connectivity index (χ3v) is 3.17. The summed E-state index contributed by atoms with van der Waals surface area (Å²) in [5.41, 5.74) is 6.11. The molecular weight excluding hydrogens is 188 g/mol. The van der Waals surface area contributed by atoms with Gasteiger partial charge in [0.2, 0.25) is 0 Å². The topological polar surface area (TPSA) is 41.8 Å². The van der Waals surface area contributed by atoms with E-state index in [-0.39, 0.29) is 0 Å². The predicted molar refractivity (Wildman–Crippen MR) is 57.8 cm³/mol. The Morgan fingerprint density at radius 1 is 1.33 bits per heavy atom. The Morgan fingerprint density at radius 3 is 2.87 bits per heavy atom. The zero-order valence-electron chi connectivity index (χ0n) is 9.05. The molecule has 2 aromatic heterocycles. The molecule has 3 heteroatoms. The van der Waals surface area contributed by atoms with Gasteiger partial charge in [-0.15, -0.1) is 0 Å². The van der Waals surface area contributed by atoms with Crippen molar-refractivity contribution in [3.63, 3.8) is 0 Å². The first-order valence-electron chi connectivity index (χ1n) is 5.39. The van der Waals surface area contributed by atoms with E-state index in [0.29, 0.717) is 0 Å². The van der Waals surface area contributed by atoms with E-state index in [1.54, 1.807) is 0 Å².